The topological polar surface area (TPSA) is 67.5 Å². The lowest BCUT2D eigenvalue weighted by molar-refractivity contribution is 0.0346. The molecule has 1 aromatic rings. The van der Waals surface area contributed by atoms with Crippen LogP contribution in [0.1, 0.15) is 38.1 Å². The van der Waals surface area contributed by atoms with E-state index in [1.54, 1.807) is 0 Å². The average molecular weight is 270 g/mol. The Morgan fingerprint density at radius 3 is 2.89 bits per heavy atom. The normalized spacial score (nSPS) is 13.1. The lowest BCUT2D eigenvalue weighted by atomic mass is 10.1. The third kappa shape index (κ3) is 7.97. The van der Waals surface area contributed by atoms with E-state index in [2.05, 4.69) is 24.3 Å². The molecule has 1 unspecified atom stereocenters. The molecule has 5 heteroatoms. The van der Waals surface area contributed by atoms with E-state index < -0.39 is 6.10 Å². The summed E-state index contributed by atoms with van der Waals surface area (Å²) >= 11 is 0. The molecule has 0 aromatic carbocycles. The number of aromatic nitrogens is 1. The molecule has 0 bridgehead atoms. The number of aliphatic hydroxyl groups is 1. The highest BCUT2D eigenvalue weighted by Gasteiger charge is 2.05. The van der Waals surface area contributed by atoms with Crippen molar-refractivity contribution in [1.82, 2.24) is 10.5 Å². The molecule has 110 valence electrons. The Morgan fingerprint density at radius 1 is 1.47 bits per heavy atom. The molecular weight excluding hydrogens is 244 g/mol. The summed E-state index contributed by atoms with van der Waals surface area (Å²) < 4.78 is 10.4. The Morgan fingerprint density at radius 2 is 2.26 bits per heavy atom. The molecule has 0 radical (unpaired) electrons. The van der Waals surface area contributed by atoms with E-state index in [9.17, 15) is 5.11 Å². The van der Waals surface area contributed by atoms with Crippen LogP contribution in [-0.2, 0) is 11.3 Å². The molecule has 0 amide bonds. The maximum Gasteiger partial charge on any atom is 0.133 e. The second-order valence-electron chi connectivity index (χ2n) is 5.32. The van der Waals surface area contributed by atoms with Gasteiger partial charge in [-0.1, -0.05) is 19.0 Å². The van der Waals surface area contributed by atoms with Crippen LogP contribution in [0, 0.1) is 12.8 Å². The maximum absolute atomic E-state index is 9.71. The number of nitrogens with one attached hydrogen (secondary N) is 1. The molecule has 1 heterocycles. The van der Waals surface area contributed by atoms with E-state index in [1.807, 2.05) is 13.0 Å². The average Bonchev–Trinajstić information content (AvgIpc) is 2.74. The van der Waals surface area contributed by atoms with Gasteiger partial charge in [0.2, 0.25) is 0 Å². The molecule has 19 heavy (non-hydrogen) atoms. The smallest absolute Gasteiger partial charge is 0.133 e. The van der Waals surface area contributed by atoms with Gasteiger partial charge in [0.15, 0.2) is 0 Å². The van der Waals surface area contributed by atoms with Gasteiger partial charge in [-0.25, -0.2) is 0 Å². The Hall–Kier alpha value is -0.910. The molecule has 2 N–H and O–H groups in total. The lowest BCUT2D eigenvalue weighted by Gasteiger charge is -2.12. The number of hydrogen-bond acceptors (Lipinski definition) is 5. The van der Waals surface area contributed by atoms with Crippen LogP contribution in [0.5, 0.6) is 0 Å². The zero-order valence-corrected chi connectivity index (χ0v) is 12.2. The first kappa shape index (κ1) is 16.1. The predicted octanol–water partition coefficient (Wildman–Crippen LogP) is 1.89. The molecule has 1 atom stereocenters. The van der Waals surface area contributed by atoms with Gasteiger partial charge in [-0.15, -0.1) is 0 Å². The lowest BCUT2D eigenvalue weighted by Crippen LogP contribution is -2.30. The van der Waals surface area contributed by atoms with E-state index in [0.717, 1.165) is 24.5 Å². The van der Waals surface area contributed by atoms with E-state index in [-0.39, 0.29) is 0 Å². The van der Waals surface area contributed by atoms with Gasteiger partial charge >= 0.3 is 0 Å². The molecular formula is C14H26N2O3. The van der Waals surface area contributed by atoms with Crippen LogP contribution in [0.2, 0.25) is 0 Å². The Kier molecular flexibility index (Phi) is 7.70. The maximum atomic E-state index is 9.71. The van der Waals surface area contributed by atoms with Crippen molar-refractivity contribution in [2.75, 3.05) is 19.8 Å². The highest BCUT2D eigenvalue weighted by Crippen LogP contribution is 2.03. The van der Waals surface area contributed by atoms with Crippen molar-refractivity contribution < 1.29 is 14.4 Å². The van der Waals surface area contributed by atoms with Gasteiger partial charge in [0.1, 0.15) is 5.76 Å². The van der Waals surface area contributed by atoms with Crippen LogP contribution < -0.4 is 5.32 Å². The van der Waals surface area contributed by atoms with Gasteiger partial charge in [0.25, 0.3) is 0 Å². The molecule has 0 aliphatic rings. The Labute approximate surface area is 115 Å². The van der Waals surface area contributed by atoms with Crippen molar-refractivity contribution in [3.8, 4) is 0 Å². The number of nitrogens with zero attached hydrogens (tertiary/aromatic N) is 1. The third-order valence-corrected chi connectivity index (χ3v) is 2.74. The predicted molar refractivity (Wildman–Crippen MR) is 73.8 cm³/mol. The highest BCUT2D eigenvalue weighted by molar-refractivity contribution is 5.02. The minimum atomic E-state index is -0.480. The summed E-state index contributed by atoms with van der Waals surface area (Å²) in [5, 5.41) is 16.7. The summed E-state index contributed by atoms with van der Waals surface area (Å²) in [4.78, 5) is 0. The van der Waals surface area contributed by atoms with Crippen LogP contribution in [0.15, 0.2) is 10.6 Å². The summed E-state index contributed by atoms with van der Waals surface area (Å²) in [6, 6.07) is 1.88. The Balaban J connectivity index is 1.97. The fourth-order valence-electron chi connectivity index (χ4n) is 1.74. The second-order valence-corrected chi connectivity index (χ2v) is 5.32. The van der Waals surface area contributed by atoms with Gasteiger partial charge < -0.3 is 19.7 Å². The summed E-state index contributed by atoms with van der Waals surface area (Å²) in [5.41, 5.74) is 0.850. The van der Waals surface area contributed by atoms with Gasteiger partial charge in [0, 0.05) is 25.8 Å². The van der Waals surface area contributed by atoms with Crippen LogP contribution >= 0.6 is 0 Å². The van der Waals surface area contributed by atoms with E-state index in [0.29, 0.717) is 25.6 Å². The van der Waals surface area contributed by atoms with E-state index >= 15 is 0 Å². The molecule has 0 spiro atoms. The molecule has 0 aliphatic carbocycles. The number of aliphatic hydroxyl groups excluding tert-OH is 1. The number of ether oxygens (including phenoxy) is 1. The van der Waals surface area contributed by atoms with Crippen LogP contribution in [0.25, 0.3) is 0 Å². The molecule has 0 fully saturated rings. The van der Waals surface area contributed by atoms with E-state index in [1.165, 1.54) is 6.42 Å². The summed E-state index contributed by atoms with van der Waals surface area (Å²) in [6.07, 6.45) is 1.74. The minimum Gasteiger partial charge on any atom is -0.389 e. The number of rotatable bonds is 10. The summed E-state index contributed by atoms with van der Waals surface area (Å²) in [5.74, 6) is 1.51. The summed E-state index contributed by atoms with van der Waals surface area (Å²) in [6.45, 7) is 8.45. The first-order chi connectivity index (χ1) is 9.08. The Bertz CT molecular complexity index is 339. The van der Waals surface area contributed by atoms with Gasteiger partial charge in [-0.3, -0.25) is 0 Å². The zero-order chi connectivity index (χ0) is 14.1. The monoisotopic (exact) mass is 270 g/mol. The van der Waals surface area contributed by atoms with Crippen molar-refractivity contribution in [3.63, 3.8) is 0 Å². The van der Waals surface area contributed by atoms with Crippen LogP contribution in [0.3, 0.4) is 0 Å². The molecule has 0 saturated heterocycles. The van der Waals surface area contributed by atoms with Gasteiger partial charge in [0.05, 0.1) is 18.4 Å². The van der Waals surface area contributed by atoms with Gasteiger partial charge in [-0.2, -0.15) is 0 Å². The van der Waals surface area contributed by atoms with Crippen molar-refractivity contribution in [1.29, 1.82) is 0 Å². The van der Waals surface area contributed by atoms with Crippen molar-refractivity contribution in [2.24, 2.45) is 5.92 Å². The SMILES string of the molecule is Cc1cc(CNCC(O)COCCCC(C)C)no1. The second kappa shape index (κ2) is 9.07. The van der Waals surface area contributed by atoms with Crippen molar-refractivity contribution in [3.05, 3.63) is 17.5 Å². The highest BCUT2D eigenvalue weighted by atomic mass is 16.5. The zero-order valence-electron chi connectivity index (χ0n) is 12.2. The number of hydrogen-bond donors (Lipinski definition) is 2. The molecule has 1 aromatic heterocycles. The largest absolute Gasteiger partial charge is 0.389 e. The summed E-state index contributed by atoms with van der Waals surface area (Å²) in [7, 11) is 0. The van der Waals surface area contributed by atoms with Crippen molar-refractivity contribution >= 4 is 0 Å². The molecule has 0 saturated carbocycles. The standard InChI is InChI=1S/C14H26N2O3/c1-11(2)5-4-6-18-10-14(17)9-15-8-13-7-12(3)19-16-13/h7,11,14-15,17H,4-6,8-10H2,1-3H3. The first-order valence-corrected chi connectivity index (χ1v) is 6.96. The third-order valence-electron chi connectivity index (χ3n) is 2.74. The quantitative estimate of drug-likeness (QED) is 0.635. The number of aryl methyl sites for hydroxylation is 1. The molecule has 5 nitrogen and oxygen atoms in total. The van der Waals surface area contributed by atoms with Crippen LogP contribution in [0.4, 0.5) is 0 Å². The molecule has 1 rings (SSSR count). The van der Waals surface area contributed by atoms with E-state index in [4.69, 9.17) is 9.26 Å². The van der Waals surface area contributed by atoms with Crippen molar-refractivity contribution in [2.45, 2.75) is 46.3 Å². The fourth-order valence-corrected chi connectivity index (χ4v) is 1.74. The molecule has 0 aliphatic heterocycles. The first-order valence-electron chi connectivity index (χ1n) is 6.96. The van der Waals surface area contributed by atoms with Gasteiger partial charge in [-0.05, 0) is 25.7 Å². The fraction of sp³-hybridized carbons (Fsp3) is 0.786. The van der Waals surface area contributed by atoms with Crippen LogP contribution in [-0.4, -0.2) is 36.1 Å². The minimum absolute atomic E-state index is 0.378.